The van der Waals surface area contributed by atoms with E-state index in [1.165, 1.54) is 11.1 Å². The normalized spacial score (nSPS) is 10.9. The van der Waals surface area contributed by atoms with Crippen LogP contribution in [0.15, 0.2) is 30.6 Å². The lowest BCUT2D eigenvalue weighted by atomic mass is 9.85. The Hall–Kier alpha value is -2.41. The second kappa shape index (κ2) is 5.30. The summed E-state index contributed by atoms with van der Waals surface area (Å²) in [5.41, 5.74) is 4.71. The SMILES string of the molecule is Cc1cc(C(C)(C)C)ccc1-c1cnc(NC#N)nc1. The quantitative estimate of drug-likeness (QED) is 0.666. The fourth-order valence-electron chi connectivity index (χ4n) is 2.04. The van der Waals surface area contributed by atoms with Crippen molar-refractivity contribution in [3.8, 4) is 17.3 Å². The van der Waals surface area contributed by atoms with E-state index in [0.29, 0.717) is 5.95 Å². The van der Waals surface area contributed by atoms with Crippen LogP contribution in [0.3, 0.4) is 0 Å². The molecule has 0 spiro atoms. The van der Waals surface area contributed by atoms with Crippen molar-refractivity contribution in [3.63, 3.8) is 0 Å². The second-order valence-electron chi connectivity index (χ2n) is 5.81. The predicted molar refractivity (Wildman–Crippen MR) is 80.1 cm³/mol. The summed E-state index contributed by atoms with van der Waals surface area (Å²) in [5, 5.41) is 10.9. The van der Waals surface area contributed by atoms with Crippen molar-refractivity contribution in [2.24, 2.45) is 0 Å². The third kappa shape index (κ3) is 2.94. The summed E-state index contributed by atoms with van der Waals surface area (Å²) in [5.74, 6) is 0.320. The topological polar surface area (TPSA) is 61.6 Å². The molecule has 1 aromatic carbocycles. The summed E-state index contributed by atoms with van der Waals surface area (Å²) in [6.07, 6.45) is 5.26. The summed E-state index contributed by atoms with van der Waals surface area (Å²) in [6, 6.07) is 6.45. The number of nitrogens with zero attached hydrogens (tertiary/aromatic N) is 3. The van der Waals surface area contributed by atoms with Crippen LogP contribution in [0.1, 0.15) is 31.9 Å². The van der Waals surface area contributed by atoms with E-state index in [9.17, 15) is 0 Å². The summed E-state index contributed by atoms with van der Waals surface area (Å²) >= 11 is 0. The van der Waals surface area contributed by atoms with Crippen LogP contribution in [-0.4, -0.2) is 9.97 Å². The van der Waals surface area contributed by atoms with Gasteiger partial charge in [-0.15, -0.1) is 0 Å². The van der Waals surface area contributed by atoms with Gasteiger partial charge in [0.2, 0.25) is 5.95 Å². The number of rotatable bonds is 2. The first-order valence-electron chi connectivity index (χ1n) is 6.50. The summed E-state index contributed by atoms with van der Waals surface area (Å²) < 4.78 is 0. The van der Waals surface area contributed by atoms with Gasteiger partial charge in [-0.1, -0.05) is 39.0 Å². The molecule has 2 aromatic rings. The lowest BCUT2D eigenvalue weighted by molar-refractivity contribution is 0.590. The number of aryl methyl sites for hydroxylation is 1. The van der Waals surface area contributed by atoms with Gasteiger partial charge < -0.3 is 0 Å². The van der Waals surface area contributed by atoms with Gasteiger partial charge in [-0.2, -0.15) is 5.26 Å². The van der Waals surface area contributed by atoms with Gasteiger partial charge in [0.15, 0.2) is 6.19 Å². The van der Waals surface area contributed by atoms with E-state index in [1.807, 2.05) is 0 Å². The molecular formula is C16H18N4. The molecular weight excluding hydrogens is 248 g/mol. The number of hydrogen-bond donors (Lipinski definition) is 1. The van der Waals surface area contributed by atoms with E-state index >= 15 is 0 Å². The highest BCUT2D eigenvalue weighted by molar-refractivity contribution is 5.66. The maximum Gasteiger partial charge on any atom is 0.236 e. The van der Waals surface area contributed by atoms with Gasteiger partial charge >= 0.3 is 0 Å². The maximum absolute atomic E-state index is 8.52. The number of benzene rings is 1. The number of nitriles is 1. The van der Waals surface area contributed by atoms with Gasteiger partial charge in [0, 0.05) is 18.0 Å². The second-order valence-corrected chi connectivity index (χ2v) is 5.81. The van der Waals surface area contributed by atoms with Crippen molar-refractivity contribution >= 4 is 5.95 Å². The van der Waals surface area contributed by atoms with E-state index in [0.717, 1.165) is 11.1 Å². The van der Waals surface area contributed by atoms with Crippen LogP contribution < -0.4 is 5.32 Å². The summed E-state index contributed by atoms with van der Waals surface area (Å²) in [6.45, 7) is 8.69. The van der Waals surface area contributed by atoms with E-state index in [4.69, 9.17) is 5.26 Å². The van der Waals surface area contributed by atoms with Crippen LogP contribution in [-0.2, 0) is 5.41 Å². The molecule has 0 aliphatic carbocycles. The molecule has 4 heteroatoms. The molecule has 0 amide bonds. The van der Waals surface area contributed by atoms with Crippen LogP contribution in [0, 0.1) is 18.4 Å². The molecule has 4 nitrogen and oxygen atoms in total. The zero-order valence-corrected chi connectivity index (χ0v) is 12.2. The minimum atomic E-state index is 0.139. The lowest BCUT2D eigenvalue weighted by Gasteiger charge is -2.20. The first-order valence-corrected chi connectivity index (χ1v) is 6.50. The average Bonchev–Trinajstić information content (AvgIpc) is 2.39. The first kappa shape index (κ1) is 14.0. The molecule has 1 aromatic heterocycles. The Balaban J connectivity index is 2.36. The van der Waals surface area contributed by atoms with E-state index in [-0.39, 0.29) is 5.41 Å². The first-order chi connectivity index (χ1) is 9.41. The third-order valence-corrected chi connectivity index (χ3v) is 3.22. The van der Waals surface area contributed by atoms with Crippen LogP contribution in [0.2, 0.25) is 0 Å². The Kier molecular flexibility index (Phi) is 3.71. The van der Waals surface area contributed by atoms with Crippen molar-refractivity contribution in [3.05, 3.63) is 41.7 Å². The standard InChI is InChI=1S/C16H18N4/c1-11-7-13(16(2,3)4)5-6-14(11)12-8-18-15(19-9-12)20-10-17/h5-9H,1-4H3,(H,18,19,20). The minimum Gasteiger partial charge on any atom is -0.261 e. The van der Waals surface area contributed by atoms with Gasteiger partial charge in [-0.05, 0) is 29.0 Å². The van der Waals surface area contributed by atoms with Crippen molar-refractivity contribution in [1.82, 2.24) is 9.97 Å². The molecule has 0 aliphatic rings. The summed E-state index contributed by atoms with van der Waals surface area (Å²) in [4.78, 5) is 8.22. The number of anilines is 1. The number of hydrogen-bond acceptors (Lipinski definition) is 4. The Labute approximate surface area is 119 Å². The molecule has 0 bridgehead atoms. The van der Waals surface area contributed by atoms with E-state index < -0.39 is 0 Å². The molecule has 0 radical (unpaired) electrons. The van der Waals surface area contributed by atoms with Gasteiger partial charge in [0.05, 0.1) is 0 Å². The molecule has 102 valence electrons. The van der Waals surface area contributed by atoms with Crippen molar-refractivity contribution < 1.29 is 0 Å². The molecule has 1 heterocycles. The molecule has 1 N–H and O–H groups in total. The van der Waals surface area contributed by atoms with Gasteiger partial charge in [-0.25, -0.2) is 9.97 Å². The molecule has 0 saturated carbocycles. The van der Waals surface area contributed by atoms with Crippen LogP contribution in [0.4, 0.5) is 5.95 Å². The molecule has 0 saturated heterocycles. The van der Waals surface area contributed by atoms with Crippen LogP contribution in [0.5, 0.6) is 0 Å². The Bertz CT molecular complexity index is 646. The Morgan fingerprint density at radius 3 is 2.30 bits per heavy atom. The van der Waals surface area contributed by atoms with Crippen LogP contribution >= 0.6 is 0 Å². The predicted octanol–water partition coefficient (Wildman–Crippen LogP) is 3.64. The average molecular weight is 266 g/mol. The molecule has 0 atom stereocenters. The zero-order chi connectivity index (χ0) is 14.8. The third-order valence-electron chi connectivity index (χ3n) is 3.22. The highest BCUT2D eigenvalue weighted by Crippen LogP contribution is 2.28. The van der Waals surface area contributed by atoms with Gasteiger partial charge in [-0.3, -0.25) is 5.32 Å². The molecule has 0 aliphatic heterocycles. The van der Waals surface area contributed by atoms with Crippen LogP contribution in [0.25, 0.3) is 11.1 Å². The highest BCUT2D eigenvalue weighted by Gasteiger charge is 2.15. The van der Waals surface area contributed by atoms with E-state index in [1.54, 1.807) is 18.6 Å². The largest absolute Gasteiger partial charge is 0.261 e. The highest BCUT2D eigenvalue weighted by atomic mass is 15.1. The van der Waals surface area contributed by atoms with Crippen molar-refractivity contribution in [2.45, 2.75) is 33.1 Å². The monoisotopic (exact) mass is 266 g/mol. The zero-order valence-electron chi connectivity index (χ0n) is 12.2. The van der Waals surface area contributed by atoms with E-state index in [2.05, 4.69) is 61.2 Å². The number of nitrogens with one attached hydrogen (secondary N) is 1. The smallest absolute Gasteiger partial charge is 0.236 e. The lowest BCUT2D eigenvalue weighted by Crippen LogP contribution is -2.11. The molecule has 0 unspecified atom stereocenters. The molecule has 2 rings (SSSR count). The van der Waals surface area contributed by atoms with Gasteiger partial charge in [0.25, 0.3) is 0 Å². The Morgan fingerprint density at radius 1 is 1.15 bits per heavy atom. The van der Waals surface area contributed by atoms with Crippen molar-refractivity contribution in [2.75, 3.05) is 5.32 Å². The molecule has 20 heavy (non-hydrogen) atoms. The van der Waals surface area contributed by atoms with Gasteiger partial charge in [0.1, 0.15) is 0 Å². The fraction of sp³-hybridized carbons (Fsp3) is 0.312. The Morgan fingerprint density at radius 2 is 1.80 bits per heavy atom. The number of aromatic nitrogens is 2. The fourth-order valence-corrected chi connectivity index (χ4v) is 2.04. The molecule has 0 fully saturated rings. The maximum atomic E-state index is 8.52. The summed E-state index contributed by atoms with van der Waals surface area (Å²) in [7, 11) is 0. The van der Waals surface area contributed by atoms with Crippen molar-refractivity contribution in [1.29, 1.82) is 5.26 Å². The minimum absolute atomic E-state index is 0.139.